The van der Waals surface area contributed by atoms with E-state index < -0.39 is 0 Å². The van der Waals surface area contributed by atoms with E-state index in [0.29, 0.717) is 17.2 Å². The number of thioether (sulfide) groups is 1. The van der Waals surface area contributed by atoms with Gasteiger partial charge in [-0.25, -0.2) is 0 Å². The van der Waals surface area contributed by atoms with Crippen LogP contribution < -0.4 is 0 Å². The Morgan fingerprint density at radius 3 is 2.38 bits per heavy atom. The van der Waals surface area contributed by atoms with E-state index in [1.165, 1.54) is 4.90 Å². The molecule has 1 rings (SSSR count). The first-order chi connectivity index (χ1) is 10.1. The fourth-order valence-electron chi connectivity index (χ4n) is 1.71. The number of nitriles is 2. The molecule has 1 atom stereocenters. The molecule has 0 aromatic heterocycles. The summed E-state index contributed by atoms with van der Waals surface area (Å²) in [7, 11) is 0. The Morgan fingerprint density at radius 2 is 1.86 bits per heavy atom. The molecule has 0 N–H and O–H groups in total. The number of carbonyl (C=O) groups is 1. The molecular formula is C15H16ClN3OS. The lowest BCUT2D eigenvalue weighted by atomic mass is 10.2. The van der Waals surface area contributed by atoms with Gasteiger partial charge in [0.2, 0.25) is 5.91 Å². The zero-order valence-electron chi connectivity index (χ0n) is 11.8. The van der Waals surface area contributed by atoms with E-state index in [1.807, 2.05) is 36.4 Å². The van der Waals surface area contributed by atoms with Gasteiger partial charge in [0.15, 0.2) is 0 Å². The summed E-state index contributed by atoms with van der Waals surface area (Å²) in [5.41, 5.74) is 1.16. The minimum absolute atomic E-state index is 0.0379. The number of rotatable bonds is 7. The Morgan fingerprint density at radius 1 is 1.29 bits per heavy atom. The number of hydrogen-bond donors (Lipinski definition) is 0. The van der Waals surface area contributed by atoms with Crippen LogP contribution >= 0.6 is 23.4 Å². The predicted octanol–water partition coefficient (Wildman–Crippen LogP) is 3.40. The minimum Gasteiger partial charge on any atom is -0.316 e. The van der Waals surface area contributed by atoms with Crippen LogP contribution in [0.2, 0.25) is 5.02 Å². The fraction of sp³-hybridized carbons (Fsp3) is 0.400. The first-order valence-electron chi connectivity index (χ1n) is 6.47. The number of carbonyl (C=O) groups excluding carboxylic acids is 1. The van der Waals surface area contributed by atoms with E-state index in [4.69, 9.17) is 22.1 Å². The summed E-state index contributed by atoms with van der Waals surface area (Å²) < 4.78 is 0. The summed E-state index contributed by atoms with van der Waals surface area (Å²) >= 11 is 7.51. The molecule has 0 spiro atoms. The van der Waals surface area contributed by atoms with Crippen LogP contribution in [-0.4, -0.2) is 29.6 Å². The molecule has 0 saturated heterocycles. The van der Waals surface area contributed by atoms with E-state index >= 15 is 0 Å². The van der Waals surface area contributed by atoms with Crippen molar-refractivity contribution in [3.63, 3.8) is 0 Å². The molecule has 4 nitrogen and oxygen atoms in total. The van der Waals surface area contributed by atoms with Crippen LogP contribution in [0.25, 0.3) is 0 Å². The monoisotopic (exact) mass is 321 g/mol. The predicted molar refractivity (Wildman–Crippen MR) is 84.7 cm³/mol. The average Bonchev–Trinajstić information content (AvgIpc) is 2.47. The molecule has 6 heteroatoms. The summed E-state index contributed by atoms with van der Waals surface area (Å²) in [6.07, 6.45) is 0.325. The first kappa shape index (κ1) is 17.4. The van der Waals surface area contributed by atoms with Gasteiger partial charge >= 0.3 is 0 Å². The van der Waals surface area contributed by atoms with Gasteiger partial charge in [-0.15, -0.1) is 0 Å². The van der Waals surface area contributed by atoms with Crippen LogP contribution in [0.1, 0.15) is 24.2 Å². The Hall–Kier alpha value is -1.69. The smallest absolute Gasteiger partial charge is 0.225 e. The normalized spacial score (nSPS) is 11.2. The lowest BCUT2D eigenvalue weighted by Gasteiger charge is -2.16. The quantitative estimate of drug-likeness (QED) is 0.722. The summed E-state index contributed by atoms with van der Waals surface area (Å²) in [6.45, 7) is 1.99. The Kier molecular flexibility index (Phi) is 7.68. The molecule has 21 heavy (non-hydrogen) atoms. The van der Waals surface area contributed by atoms with Crippen molar-refractivity contribution in [2.75, 3.05) is 18.8 Å². The van der Waals surface area contributed by atoms with Crippen molar-refractivity contribution in [2.45, 2.75) is 18.6 Å². The van der Waals surface area contributed by atoms with Crippen molar-refractivity contribution in [1.29, 1.82) is 10.5 Å². The molecule has 1 amide bonds. The van der Waals surface area contributed by atoms with Crippen molar-refractivity contribution in [1.82, 2.24) is 4.90 Å². The Balaban J connectivity index is 2.42. The van der Waals surface area contributed by atoms with Crippen LogP contribution in [0, 0.1) is 22.7 Å². The summed E-state index contributed by atoms with van der Waals surface area (Å²) in [4.78, 5) is 13.2. The first-order valence-corrected chi connectivity index (χ1v) is 7.90. The summed E-state index contributed by atoms with van der Waals surface area (Å²) in [5, 5.41) is 18.2. The molecular weight excluding hydrogens is 306 g/mol. The topological polar surface area (TPSA) is 67.9 Å². The highest BCUT2D eigenvalue weighted by Gasteiger charge is 2.13. The van der Waals surface area contributed by atoms with Crippen LogP contribution in [0.15, 0.2) is 24.3 Å². The Labute approximate surface area is 134 Å². The van der Waals surface area contributed by atoms with Crippen molar-refractivity contribution in [3.8, 4) is 12.1 Å². The maximum absolute atomic E-state index is 11.9. The van der Waals surface area contributed by atoms with Gasteiger partial charge in [-0.2, -0.15) is 22.3 Å². The molecule has 0 saturated carbocycles. The SMILES string of the molecule is C[C@@H](SCCC(=O)N(CC#N)CC#N)c1ccc(Cl)cc1. The second-order valence-electron chi connectivity index (χ2n) is 4.38. The lowest BCUT2D eigenvalue weighted by Crippen LogP contribution is -2.31. The third kappa shape index (κ3) is 6.08. The van der Waals surface area contributed by atoms with Crippen molar-refractivity contribution >= 4 is 29.3 Å². The van der Waals surface area contributed by atoms with Gasteiger partial charge in [-0.1, -0.05) is 23.7 Å². The van der Waals surface area contributed by atoms with Gasteiger partial charge in [-0.05, 0) is 24.6 Å². The number of benzene rings is 1. The van der Waals surface area contributed by atoms with Crippen LogP contribution in [0.3, 0.4) is 0 Å². The van der Waals surface area contributed by atoms with Gasteiger partial charge in [0.25, 0.3) is 0 Å². The van der Waals surface area contributed by atoms with Gasteiger partial charge < -0.3 is 4.90 Å². The molecule has 0 aliphatic heterocycles. The van der Waals surface area contributed by atoms with Crippen LogP contribution in [0.4, 0.5) is 0 Å². The number of hydrogen-bond acceptors (Lipinski definition) is 4. The zero-order valence-corrected chi connectivity index (χ0v) is 13.3. The highest BCUT2D eigenvalue weighted by molar-refractivity contribution is 7.99. The molecule has 0 fully saturated rings. The average molecular weight is 322 g/mol. The number of halogens is 1. The number of nitrogens with zero attached hydrogens (tertiary/aromatic N) is 3. The third-order valence-electron chi connectivity index (χ3n) is 2.90. The summed E-state index contributed by atoms with van der Waals surface area (Å²) in [5.74, 6) is 0.490. The van der Waals surface area contributed by atoms with Crippen molar-refractivity contribution in [2.24, 2.45) is 0 Å². The van der Waals surface area contributed by atoms with E-state index in [0.717, 1.165) is 5.56 Å². The van der Waals surface area contributed by atoms with Gasteiger partial charge in [0.1, 0.15) is 13.1 Å². The van der Waals surface area contributed by atoms with E-state index in [2.05, 4.69) is 6.92 Å². The maximum atomic E-state index is 11.9. The standard InChI is InChI=1S/C15H16ClN3OS/c1-12(13-2-4-14(16)5-3-13)21-11-6-15(20)19(9-7-17)10-8-18/h2-5,12H,6,9-11H2,1H3/t12-/m1/s1. The van der Waals surface area contributed by atoms with Crippen molar-refractivity contribution in [3.05, 3.63) is 34.9 Å². The molecule has 0 unspecified atom stereocenters. The van der Waals surface area contributed by atoms with E-state index in [9.17, 15) is 4.79 Å². The number of amides is 1. The summed E-state index contributed by atoms with van der Waals surface area (Å²) in [6, 6.07) is 11.4. The maximum Gasteiger partial charge on any atom is 0.225 e. The molecule has 110 valence electrons. The zero-order chi connectivity index (χ0) is 15.7. The molecule has 1 aromatic carbocycles. The van der Waals surface area contributed by atoms with E-state index in [-0.39, 0.29) is 24.2 Å². The van der Waals surface area contributed by atoms with Gasteiger partial charge in [0, 0.05) is 22.4 Å². The van der Waals surface area contributed by atoms with Gasteiger partial charge in [0.05, 0.1) is 12.1 Å². The third-order valence-corrected chi connectivity index (χ3v) is 4.36. The molecule has 0 aliphatic carbocycles. The fourth-order valence-corrected chi connectivity index (χ4v) is 2.84. The largest absolute Gasteiger partial charge is 0.316 e. The highest BCUT2D eigenvalue weighted by Crippen LogP contribution is 2.29. The van der Waals surface area contributed by atoms with Gasteiger partial charge in [-0.3, -0.25) is 4.79 Å². The molecule has 0 radical (unpaired) electrons. The molecule has 0 bridgehead atoms. The second kappa shape index (κ2) is 9.28. The molecule has 0 aliphatic rings. The minimum atomic E-state index is -0.158. The van der Waals surface area contributed by atoms with Crippen LogP contribution in [0.5, 0.6) is 0 Å². The second-order valence-corrected chi connectivity index (χ2v) is 6.27. The highest BCUT2D eigenvalue weighted by atomic mass is 35.5. The van der Waals surface area contributed by atoms with Crippen molar-refractivity contribution < 1.29 is 4.79 Å². The van der Waals surface area contributed by atoms with Crippen LogP contribution in [-0.2, 0) is 4.79 Å². The molecule has 0 heterocycles. The van der Waals surface area contributed by atoms with E-state index in [1.54, 1.807) is 11.8 Å². The Bertz CT molecular complexity index is 532. The molecule has 1 aromatic rings. The lowest BCUT2D eigenvalue weighted by molar-refractivity contribution is -0.129.